The summed E-state index contributed by atoms with van der Waals surface area (Å²) in [5.41, 5.74) is 3.50. The van der Waals surface area contributed by atoms with E-state index in [4.69, 9.17) is 5.84 Å². The topological polar surface area (TPSA) is 67.1 Å². The number of piperidine rings is 1. The molecule has 1 aromatic rings. The third-order valence-electron chi connectivity index (χ3n) is 2.78. The zero-order valence-corrected chi connectivity index (χ0v) is 10.9. The Bertz CT molecular complexity index is 376. The number of hydrazine groups is 1. The van der Waals surface area contributed by atoms with E-state index in [1.807, 2.05) is 6.92 Å². The van der Waals surface area contributed by atoms with Crippen LogP contribution < -0.4 is 16.2 Å². The molecule has 0 aromatic carbocycles. The molecule has 0 spiro atoms. The SMILES string of the molecule is Cc1nc(N2CCCCC2)nc(NN)c1Br. The van der Waals surface area contributed by atoms with Crippen LogP contribution in [0.1, 0.15) is 25.0 Å². The second kappa shape index (κ2) is 4.97. The highest BCUT2D eigenvalue weighted by atomic mass is 79.9. The van der Waals surface area contributed by atoms with Gasteiger partial charge in [-0.25, -0.2) is 10.8 Å². The minimum Gasteiger partial charge on any atom is -0.341 e. The van der Waals surface area contributed by atoms with E-state index in [1.54, 1.807) is 0 Å². The highest BCUT2D eigenvalue weighted by Gasteiger charge is 2.16. The zero-order valence-electron chi connectivity index (χ0n) is 9.33. The molecule has 1 aliphatic rings. The number of anilines is 2. The van der Waals surface area contributed by atoms with Crippen LogP contribution in [0.5, 0.6) is 0 Å². The van der Waals surface area contributed by atoms with Crippen molar-refractivity contribution in [3.63, 3.8) is 0 Å². The first kappa shape index (κ1) is 11.6. The minimum absolute atomic E-state index is 0.646. The third kappa shape index (κ3) is 2.27. The van der Waals surface area contributed by atoms with E-state index in [1.165, 1.54) is 19.3 Å². The molecule has 1 fully saturated rings. The van der Waals surface area contributed by atoms with Crippen molar-refractivity contribution in [3.05, 3.63) is 10.2 Å². The molecule has 0 saturated carbocycles. The Hall–Kier alpha value is -0.880. The van der Waals surface area contributed by atoms with Gasteiger partial charge >= 0.3 is 0 Å². The molecule has 88 valence electrons. The molecule has 2 rings (SSSR count). The summed E-state index contributed by atoms with van der Waals surface area (Å²) < 4.78 is 0.829. The molecule has 0 unspecified atom stereocenters. The van der Waals surface area contributed by atoms with E-state index >= 15 is 0 Å². The van der Waals surface area contributed by atoms with Crippen molar-refractivity contribution in [2.75, 3.05) is 23.4 Å². The number of aromatic nitrogens is 2. The Kier molecular flexibility index (Phi) is 3.60. The molecule has 1 saturated heterocycles. The molecule has 3 N–H and O–H groups in total. The van der Waals surface area contributed by atoms with Crippen molar-refractivity contribution >= 4 is 27.7 Å². The van der Waals surface area contributed by atoms with Gasteiger partial charge in [-0.05, 0) is 42.1 Å². The van der Waals surface area contributed by atoms with Crippen LogP contribution in [0.2, 0.25) is 0 Å². The standard InChI is InChI=1S/C10H16BrN5/c1-7-8(11)9(15-12)14-10(13-7)16-5-3-2-4-6-16/h2-6,12H2,1H3,(H,13,14,15). The molecule has 0 aliphatic carbocycles. The lowest BCUT2D eigenvalue weighted by atomic mass is 10.1. The summed E-state index contributed by atoms with van der Waals surface area (Å²) in [6, 6.07) is 0. The average Bonchev–Trinajstić information content (AvgIpc) is 2.33. The summed E-state index contributed by atoms with van der Waals surface area (Å²) in [5, 5.41) is 0. The Morgan fingerprint density at radius 2 is 1.94 bits per heavy atom. The highest BCUT2D eigenvalue weighted by Crippen LogP contribution is 2.26. The van der Waals surface area contributed by atoms with Crippen molar-refractivity contribution in [1.82, 2.24) is 9.97 Å². The average molecular weight is 286 g/mol. The molecule has 16 heavy (non-hydrogen) atoms. The van der Waals surface area contributed by atoms with E-state index in [-0.39, 0.29) is 0 Å². The van der Waals surface area contributed by atoms with Crippen molar-refractivity contribution in [1.29, 1.82) is 0 Å². The zero-order chi connectivity index (χ0) is 11.5. The van der Waals surface area contributed by atoms with Crippen LogP contribution >= 0.6 is 15.9 Å². The van der Waals surface area contributed by atoms with Gasteiger partial charge in [-0.15, -0.1) is 0 Å². The number of hydrogen-bond donors (Lipinski definition) is 2. The lowest BCUT2D eigenvalue weighted by Gasteiger charge is -2.27. The summed E-state index contributed by atoms with van der Waals surface area (Å²) in [7, 11) is 0. The molecule has 6 heteroatoms. The maximum atomic E-state index is 5.43. The van der Waals surface area contributed by atoms with Crippen LogP contribution in [0.25, 0.3) is 0 Å². The van der Waals surface area contributed by atoms with Crippen molar-refractivity contribution in [2.45, 2.75) is 26.2 Å². The van der Waals surface area contributed by atoms with Crippen molar-refractivity contribution < 1.29 is 0 Å². The number of nitrogens with one attached hydrogen (secondary N) is 1. The van der Waals surface area contributed by atoms with Gasteiger partial charge < -0.3 is 10.3 Å². The molecule has 0 radical (unpaired) electrons. The molecular weight excluding hydrogens is 270 g/mol. The van der Waals surface area contributed by atoms with Gasteiger partial charge in [0.15, 0.2) is 5.82 Å². The Balaban J connectivity index is 2.29. The number of nitrogen functional groups attached to an aromatic ring is 1. The van der Waals surface area contributed by atoms with E-state index in [2.05, 4.69) is 36.2 Å². The normalized spacial score (nSPS) is 16.3. The van der Waals surface area contributed by atoms with Crippen LogP contribution in [0.3, 0.4) is 0 Å². The largest absolute Gasteiger partial charge is 0.341 e. The maximum absolute atomic E-state index is 5.43. The summed E-state index contributed by atoms with van der Waals surface area (Å²) in [6.45, 7) is 4.01. The molecular formula is C10H16BrN5. The fourth-order valence-electron chi connectivity index (χ4n) is 1.88. The van der Waals surface area contributed by atoms with Gasteiger partial charge in [0.05, 0.1) is 10.2 Å². The molecule has 5 nitrogen and oxygen atoms in total. The number of halogens is 1. The maximum Gasteiger partial charge on any atom is 0.227 e. The number of hydrogen-bond acceptors (Lipinski definition) is 5. The predicted molar refractivity (Wildman–Crippen MR) is 68.3 cm³/mol. The fourth-order valence-corrected chi connectivity index (χ4v) is 2.17. The molecule has 1 aliphatic heterocycles. The third-order valence-corrected chi connectivity index (χ3v) is 3.73. The summed E-state index contributed by atoms with van der Waals surface area (Å²) in [6.07, 6.45) is 3.72. The smallest absolute Gasteiger partial charge is 0.227 e. The van der Waals surface area contributed by atoms with E-state index in [9.17, 15) is 0 Å². The predicted octanol–water partition coefficient (Wildman–Crippen LogP) is 1.82. The van der Waals surface area contributed by atoms with Crippen LogP contribution in [0.4, 0.5) is 11.8 Å². The lowest BCUT2D eigenvalue weighted by Crippen LogP contribution is -2.31. The first-order valence-corrected chi connectivity index (χ1v) is 6.27. The second-order valence-electron chi connectivity index (χ2n) is 3.96. The van der Waals surface area contributed by atoms with Gasteiger partial charge in [-0.2, -0.15) is 4.98 Å². The highest BCUT2D eigenvalue weighted by molar-refractivity contribution is 9.10. The van der Waals surface area contributed by atoms with E-state index < -0.39 is 0 Å². The molecule has 1 aromatic heterocycles. The van der Waals surface area contributed by atoms with Crippen LogP contribution in [0.15, 0.2) is 4.47 Å². The van der Waals surface area contributed by atoms with E-state index in [0.29, 0.717) is 5.82 Å². The Morgan fingerprint density at radius 3 is 2.56 bits per heavy atom. The first-order valence-electron chi connectivity index (χ1n) is 5.48. The number of nitrogens with two attached hydrogens (primary N) is 1. The number of rotatable bonds is 2. The number of aryl methyl sites for hydroxylation is 1. The quantitative estimate of drug-likeness (QED) is 0.641. The van der Waals surface area contributed by atoms with Crippen LogP contribution in [-0.2, 0) is 0 Å². The van der Waals surface area contributed by atoms with Gasteiger partial charge in [-0.3, -0.25) is 0 Å². The van der Waals surface area contributed by atoms with Gasteiger partial charge in [-0.1, -0.05) is 0 Å². The van der Waals surface area contributed by atoms with Gasteiger partial charge in [0.1, 0.15) is 0 Å². The fraction of sp³-hybridized carbons (Fsp3) is 0.600. The van der Waals surface area contributed by atoms with Crippen molar-refractivity contribution in [3.8, 4) is 0 Å². The van der Waals surface area contributed by atoms with Crippen molar-refractivity contribution in [2.24, 2.45) is 5.84 Å². The Morgan fingerprint density at radius 1 is 1.25 bits per heavy atom. The summed E-state index contributed by atoms with van der Waals surface area (Å²) in [4.78, 5) is 11.1. The second-order valence-corrected chi connectivity index (χ2v) is 4.76. The van der Waals surface area contributed by atoms with E-state index in [0.717, 1.165) is 29.2 Å². The van der Waals surface area contributed by atoms with Gasteiger partial charge in [0.25, 0.3) is 0 Å². The summed E-state index contributed by atoms with van der Waals surface area (Å²) >= 11 is 3.41. The molecule has 0 bridgehead atoms. The van der Waals surface area contributed by atoms with Crippen LogP contribution in [-0.4, -0.2) is 23.1 Å². The number of nitrogens with zero attached hydrogens (tertiary/aromatic N) is 3. The molecule has 0 amide bonds. The van der Waals surface area contributed by atoms with Crippen LogP contribution in [0, 0.1) is 6.92 Å². The van der Waals surface area contributed by atoms with Gasteiger partial charge in [0.2, 0.25) is 5.95 Å². The monoisotopic (exact) mass is 285 g/mol. The first-order chi connectivity index (χ1) is 7.72. The minimum atomic E-state index is 0.646. The molecule has 0 atom stereocenters. The lowest BCUT2D eigenvalue weighted by molar-refractivity contribution is 0.567. The molecule has 2 heterocycles. The van der Waals surface area contributed by atoms with Gasteiger partial charge in [0, 0.05) is 13.1 Å². The summed E-state index contributed by atoms with van der Waals surface area (Å²) in [5.74, 6) is 6.85. The Labute approximate surface area is 104 Å².